The Morgan fingerprint density at radius 2 is 2.00 bits per heavy atom. The summed E-state index contributed by atoms with van der Waals surface area (Å²) in [7, 11) is 0. The standard InChI is InChI=1S/C8H14N2O3/c1-3-5-10(7(12)4-2)8(13)9-6-11/h6H,3-5H2,1-2H3,(H,9,11,13). The highest BCUT2D eigenvalue weighted by atomic mass is 16.2. The highest BCUT2D eigenvalue weighted by Crippen LogP contribution is 1.96. The van der Waals surface area contributed by atoms with Gasteiger partial charge in [0.1, 0.15) is 0 Å². The van der Waals surface area contributed by atoms with Crippen LogP contribution in [-0.2, 0) is 9.59 Å². The summed E-state index contributed by atoms with van der Waals surface area (Å²) in [4.78, 5) is 33.3. The van der Waals surface area contributed by atoms with Crippen molar-refractivity contribution in [3.05, 3.63) is 0 Å². The summed E-state index contributed by atoms with van der Waals surface area (Å²) in [6, 6.07) is -0.649. The van der Waals surface area contributed by atoms with Gasteiger partial charge in [-0.2, -0.15) is 0 Å². The zero-order valence-electron chi connectivity index (χ0n) is 7.87. The van der Waals surface area contributed by atoms with Crippen LogP contribution in [0.3, 0.4) is 0 Å². The normalized spacial score (nSPS) is 9.08. The molecule has 0 heterocycles. The topological polar surface area (TPSA) is 66.5 Å². The number of rotatable bonds is 4. The number of carbonyl (C=O) groups is 3. The van der Waals surface area contributed by atoms with E-state index in [1.165, 1.54) is 0 Å². The third-order valence-corrected chi connectivity index (χ3v) is 1.48. The smallest absolute Gasteiger partial charge is 0.280 e. The lowest BCUT2D eigenvalue weighted by Gasteiger charge is -2.17. The maximum atomic E-state index is 11.2. The molecular weight excluding hydrogens is 172 g/mol. The Morgan fingerprint density at radius 1 is 1.38 bits per heavy atom. The van der Waals surface area contributed by atoms with Crippen LogP contribution in [0.2, 0.25) is 0 Å². The summed E-state index contributed by atoms with van der Waals surface area (Å²) < 4.78 is 0. The van der Waals surface area contributed by atoms with E-state index in [9.17, 15) is 14.4 Å². The van der Waals surface area contributed by atoms with E-state index in [-0.39, 0.29) is 18.7 Å². The SMILES string of the molecule is CCCN(C(=O)CC)C(=O)NC=O. The minimum atomic E-state index is -0.649. The van der Waals surface area contributed by atoms with Gasteiger partial charge in [-0.25, -0.2) is 4.79 Å². The van der Waals surface area contributed by atoms with Gasteiger partial charge in [-0.1, -0.05) is 13.8 Å². The van der Waals surface area contributed by atoms with Gasteiger partial charge in [0, 0.05) is 13.0 Å². The fourth-order valence-corrected chi connectivity index (χ4v) is 0.882. The molecular formula is C8H14N2O3. The van der Waals surface area contributed by atoms with Gasteiger partial charge in [0.25, 0.3) is 0 Å². The van der Waals surface area contributed by atoms with Crippen molar-refractivity contribution in [2.75, 3.05) is 6.54 Å². The van der Waals surface area contributed by atoms with E-state index in [1.807, 2.05) is 12.2 Å². The Labute approximate surface area is 77.1 Å². The molecule has 0 aliphatic heterocycles. The molecule has 5 nitrogen and oxygen atoms in total. The summed E-state index contributed by atoms with van der Waals surface area (Å²) in [5.74, 6) is -0.277. The van der Waals surface area contributed by atoms with Crippen molar-refractivity contribution in [3.63, 3.8) is 0 Å². The first-order valence-corrected chi connectivity index (χ1v) is 4.21. The Hall–Kier alpha value is -1.39. The second kappa shape index (κ2) is 6.16. The molecule has 0 aromatic carbocycles. The third-order valence-electron chi connectivity index (χ3n) is 1.48. The van der Waals surface area contributed by atoms with Gasteiger partial charge in [-0.05, 0) is 6.42 Å². The molecule has 0 saturated carbocycles. The van der Waals surface area contributed by atoms with Crippen molar-refractivity contribution in [3.8, 4) is 0 Å². The highest BCUT2D eigenvalue weighted by Gasteiger charge is 2.17. The van der Waals surface area contributed by atoms with E-state index < -0.39 is 6.03 Å². The van der Waals surface area contributed by atoms with E-state index in [1.54, 1.807) is 6.92 Å². The predicted octanol–water partition coefficient (Wildman–Crippen LogP) is 0.501. The van der Waals surface area contributed by atoms with Crippen molar-refractivity contribution in [2.24, 2.45) is 0 Å². The average Bonchev–Trinajstić information content (AvgIpc) is 2.13. The molecule has 0 fully saturated rings. The lowest BCUT2D eigenvalue weighted by Crippen LogP contribution is -2.43. The van der Waals surface area contributed by atoms with E-state index in [0.717, 1.165) is 4.90 Å². The summed E-state index contributed by atoms with van der Waals surface area (Å²) in [5.41, 5.74) is 0. The molecule has 0 bridgehead atoms. The summed E-state index contributed by atoms with van der Waals surface area (Å²) >= 11 is 0. The Balaban J connectivity index is 4.30. The molecule has 0 rings (SSSR count). The fraction of sp³-hybridized carbons (Fsp3) is 0.625. The number of nitrogens with one attached hydrogen (secondary N) is 1. The number of amides is 4. The summed E-state index contributed by atoms with van der Waals surface area (Å²) in [6.07, 6.45) is 1.21. The van der Waals surface area contributed by atoms with Crippen LogP contribution < -0.4 is 5.32 Å². The quantitative estimate of drug-likeness (QED) is 0.650. The maximum absolute atomic E-state index is 11.2. The number of urea groups is 1. The van der Waals surface area contributed by atoms with Crippen molar-refractivity contribution in [1.82, 2.24) is 10.2 Å². The number of carbonyl (C=O) groups excluding carboxylic acids is 3. The number of nitrogens with zero attached hydrogens (tertiary/aromatic N) is 1. The molecule has 0 saturated heterocycles. The molecule has 74 valence electrons. The van der Waals surface area contributed by atoms with Crippen molar-refractivity contribution in [2.45, 2.75) is 26.7 Å². The number of imide groups is 2. The number of hydrogen-bond acceptors (Lipinski definition) is 3. The average molecular weight is 186 g/mol. The first kappa shape index (κ1) is 11.6. The van der Waals surface area contributed by atoms with E-state index in [0.29, 0.717) is 13.0 Å². The maximum Gasteiger partial charge on any atom is 0.330 e. The second-order valence-corrected chi connectivity index (χ2v) is 2.47. The molecule has 0 aliphatic rings. The van der Waals surface area contributed by atoms with Gasteiger partial charge < -0.3 is 0 Å². The summed E-state index contributed by atoms with van der Waals surface area (Å²) in [6.45, 7) is 3.86. The van der Waals surface area contributed by atoms with Crippen LogP contribution in [0.1, 0.15) is 26.7 Å². The second-order valence-electron chi connectivity index (χ2n) is 2.47. The predicted molar refractivity (Wildman–Crippen MR) is 46.9 cm³/mol. The first-order valence-electron chi connectivity index (χ1n) is 4.21. The molecule has 0 radical (unpaired) electrons. The van der Waals surface area contributed by atoms with Crippen LogP contribution in [0.25, 0.3) is 0 Å². The minimum absolute atomic E-state index is 0.256. The Morgan fingerprint density at radius 3 is 2.38 bits per heavy atom. The Kier molecular flexibility index (Phi) is 5.50. The molecule has 0 aliphatic carbocycles. The van der Waals surface area contributed by atoms with Crippen LogP contribution >= 0.6 is 0 Å². The Bertz CT molecular complexity index is 204. The zero-order chi connectivity index (χ0) is 10.3. The number of hydrogen-bond donors (Lipinski definition) is 1. The van der Waals surface area contributed by atoms with E-state index in [2.05, 4.69) is 0 Å². The monoisotopic (exact) mass is 186 g/mol. The van der Waals surface area contributed by atoms with Crippen LogP contribution in [0.5, 0.6) is 0 Å². The van der Waals surface area contributed by atoms with Crippen molar-refractivity contribution >= 4 is 18.3 Å². The molecule has 13 heavy (non-hydrogen) atoms. The lowest BCUT2D eigenvalue weighted by molar-refractivity contribution is -0.128. The molecule has 0 atom stereocenters. The summed E-state index contributed by atoms with van der Waals surface area (Å²) in [5, 5.41) is 1.93. The minimum Gasteiger partial charge on any atom is -0.280 e. The van der Waals surface area contributed by atoms with Gasteiger partial charge in [-0.3, -0.25) is 19.8 Å². The molecule has 0 aromatic rings. The van der Waals surface area contributed by atoms with Crippen molar-refractivity contribution < 1.29 is 14.4 Å². The highest BCUT2D eigenvalue weighted by molar-refractivity contribution is 5.97. The van der Waals surface area contributed by atoms with Gasteiger partial charge in [0.2, 0.25) is 12.3 Å². The van der Waals surface area contributed by atoms with Crippen LogP contribution in [0, 0.1) is 0 Å². The van der Waals surface area contributed by atoms with Gasteiger partial charge in [0.15, 0.2) is 0 Å². The molecule has 0 aromatic heterocycles. The molecule has 0 unspecified atom stereocenters. The van der Waals surface area contributed by atoms with Gasteiger partial charge >= 0.3 is 6.03 Å². The van der Waals surface area contributed by atoms with Crippen LogP contribution in [0.4, 0.5) is 4.79 Å². The van der Waals surface area contributed by atoms with Crippen LogP contribution in [-0.4, -0.2) is 29.8 Å². The van der Waals surface area contributed by atoms with Gasteiger partial charge in [0.05, 0.1) is 0 Å². The zero-order valence-corrected chi connectivity index (χ0v) is 7.87. The third kappa shape index (κ3) is 3.68. The fourth-order valence-electron chi connectivity index (χ4n) is 0.882. The van der Waals surface area contributed by atoms with Gasteiger partial charge in [-0.15, -0.1) is 0 Å². The largest absolute Gasteiger partial charge is 0.330 e. The molecule has 5 heteroatoms. The lowest BCUT2D eigenvalue weighted by atomic mass is 10.3. The van der Waals surface area contributed by atoms with Crippen LogP contribution in [0.15, 0.2) is 0 Å². The molecule has 0 spiro atoms. The molecule has 1 N–H and O–H groups in total. The van der Waals surface area contributed by atoms with Crippen molar-refractivity contribution in [1.29, 1.82) is 0 Å². The van der Waals surface area contributed by atoms with E-state index >= 15 is 0 Å². The first-order chi connectivity index (χ1) is 6.17. The van der Waals surface area contributed by atoms with E-state index in [4.69, 9.17) is 0 Å². The molecule has 4 amide bonds.